The van der Waals surface area contributed by atoms with Crippen molar-refractivity contribution in [3.8, 4) is 0 Å². The number of nitrogens with zero attached hydrogens (tertiary/aromatic N) is 1. The minimum absolute atomic E-state index is 0.106. The number of benzene rings is 2. The molecule has 1 heterocycles. The lowest BCUT2D eigenvalue weighted by atomic mass is 10.2. The summed E-state index contributed by atoms with van der Waals surface area (Å²) in [5, 5.41) is 3.17. The number of amides is 2. The van der Waals surface area contributed by atoms with E-state index in [1.54, 1.807) is 29.2 Å². The van der Waals surface area contributed by atoms with E-state index < -0.39 is 0 Å². The molecule has 0 radical (unpaired) electrons. The molecule has 0 bridgehead atoms. The number of carbonyl (C=O) groups excluding carboxylic acids is 2. The van der Waals surface area contributed by atoms with E-state index in [0.717, 1.165) is 12.1 Å². The smallest absolute Gasteiger partial charge is 0.234 e. The van der Waals surface area contributed by atoms with Gasteiger partial charge in [-0.1, -0.05) is 23.7 Å². The number of hydrogen-bond donors (Lipinski definition) is 1. The van der Waals surface area contributed by atoms with Gasteiger partial charge in [0.25, 0.3) is 0 Å². The van der Waals surface area contributed by atoms with Crippen molar-refractivity contribution in [1.29, 1.82) is 0 Å². The van der Waals surface area contributed by atoms with Gasteiger partial charge in [-0.2, -0.15) is 0 Å². The Morgan fingerprint density at radius 2 is 2.12 bits per heavy atom. The Labute approximate surface area is 160 Å². The first-order chi connectivity index (χ1) is 12.5. The van der Waals surface area contributed by atoms with E-state index in [4.69, 9.17) is 11.6 Å². The molecule has 0 spiro atoms. The van der Waals surface area contributed by atoms with E-state index in [0.29, 0.717) is 35.0 Å². The van der Waals surface area contributed by atoms with Crippen molar-refractivity contribution < 1.29 is 14.0 Å². The Morgan fingerprint density at radius 3 is 2.85 bits per heavy atom. The molecule has 0 saturated carbocycles. The van der Waals surface area contributed by atoms with Crippen molar-refractivity contribution in [3.05, 3.63) is 58.9 Å². The van der Waals surface area contributed by atoms with Crippen LogP contribution < -0.4 is 10.2 Å². The number of nitrogens with one attached hydrogen (secondary N) is 1. The molecule has 1 fully saturated rings. The van der Waals surface area contributed by atoms with Gasteiger partial charge in [-0.15, -0.1) is 11.8 Å². The van der Waals surface area contributed by atoms with E-state index in [-0.39, 0.29) is 23.4 Å². The summed E-state index contributed by atoms with van der Waals surface area (Å²) in [7, 11) is 0. The number of rotatable bonds is 6. The fourth-order valence-corrected chi connectivity index (χ4v) is 3.73. The minimum atomic E-state index is -0.367. The molecule has 7 heteroatoms. The maximum absolute atomic E-state index is 13.7. The van der Waals surface area contributed by atoms with Crippen LogP contribution in [0.3, 0.4) is 0 Å². The van der Waals surface area contributed by atoms with E-state index in [2.05, 4.69) is 5.32 Å². The Kier molecular flexibility index (Phi) is 6.16. The molecule has 4 nitrogen and oxygen atoms in total. The van der Waals surface area contributed by atoms with E-state index >= 15 is 0 Å². The summed E-state index contributed by atoms with van der Waals surface area (Å²) in [6.07, 6.45) is 1.42. The average molecular weight is 393 g/mol. The van der Waals surface area contributed by atoms with Crippen molar-refractivity contribution in [2.75, 3.05) is 22.5 Å². The summed E-state index contributed by atoms with van der Waals surface area (Å²) in [6.45, 7) is 0.707. The van der Waals surface area contributed by atoms with Gasteiger partial charge in [0.2, 0.25) is 11.8 Å². The van der Waals surface area contributed by atoms with Gasteiger partial charge in [0, 0.05) is 35.1 Å². The van der Waals surface area contributed by atoms with Crippen molar-refractivity contribution in [1.82, 2.24) is 0 Å². The van der Waals surface area contributed by atoms with Gasteiger partial charge in [0.05, 0.1) is 5.75 Å². The average Bonchev–Trinajstić information content (AvgIpc) is 3.03. The van der Waals surface area contributed by atoms with E-state index in [1.807, 2.05) is 12.1 Å². The molecule has 0 aliphatic carbocycles. The van der Waals surface area contributed by atoms with E-state index in [9.17, 15) is 14.0 Å². The third-order valence-corrected chi connectivity index (χ3v) is 5.24. The Hall–Kier alpha value is -2.05. The number of anilines is 2. The van der Waals surface area contributed by atoms with Crippen LogP contribution in [0, 0.1) is 5.82 Å². The maximum atomic E-state index is 13.7. The highest BCUT2D eigenvalue weighted by Crippen LogP contribution is 2.24. The van der Waals surface area contributed by atoms with Crippen LogP contribution >= 0.6 is 23.4 Å². The third kappa shape index (κ3) is 4.77. The Bertz CT molecular complexity index is 831. The van der Waals surface area contributed by atoms with Crippen molar-refractivity contribution >= 4 is 46.6 Å². The molecule has 1 aliphatic heterocycles. The summed E-state index contributed by atoms with van der Waals surface area (Å²) in [5.41, 5.74) is 1.95. The second kappa shape index (κ2) is 8.56. The minimum Gasteiger partial charge on any atom is -0.325 e. The zero-order valence-corrected chi connectivity index (χ0v) is 15.6. The van der Waals surface area contributed by atoms with Crippen LogP contribution in [-0.4, -0.2) is 24.1 Å². The van der Waals surface area contributed by atoms with Crippen LogP contribution in [0.15, 0.2) is 42.5 Å². The summed E-state index contributed by atoms with van der Waals surface area (Å²) < 4.78 is 13.7. The lowest BCUT2D eigenvalue weighted by Crippen LogP contribution is -2.23. The molecule has 1 aliphatic rings. The second-order valence-corrected chi connectivity index (χ2v) is 7.40. The molecular formula is C19H18ClFN2O2S. The molecule has 0 atom stereocenters. The van der Waals surface area contributed by atoms with Gasteiger partial charge >= 0.3 is 0 Å². The lowest BCUT2D eigenvalue weighted by molar-refractivity contribution is -0.117. The fraction of sp³-hybridized carbons (Fsp3) is 0.263. The molecule has 26 heavy (non-hydrogen) atoms. The zero-order chi connectivity index (χ0) is 18.5. The first-order valence-electron chi connectivity index (χ1n) is 8.25. The topological polar surface area (TPSA) is 49.4 Å². The number of thioether (sulfide) groups is 1. The summed E-state index contributed by atoms with van der Waals surface area (Å²) in [6, 6.07) is 11.8. The van der Waals surface area contributed by atoms with Gasteiger partial charge in [-0.3, -0.25) is 9.59 Å². The molecule has 3 rings (SSSR count). The molecule has 0 aromatic heterocycles. The predicted octanol–water partition coefficient (Wildman–Crippen LogP) is 4.48. The Morgan fingerprint density at radius 1 is 1.27 bits per heavy atom. The number of carbonyl (C=O) groups is 2. The summed E-state index contributed by atoms with van der Waals surface area (Å²) >= 11 is 7.05. The molecule has 1 N–H and O–H groups in total. The summed E-state index contributed by atoms with van der Waals surface area (Å²) in [4.78, 5) is 25.7. The Balaban J connectivity index is 1.52. The first kappa shape index (κ1) is 18.7. The zero-order valence-electron chi connectivity index (χ0n) is 14.0. The molecule has 2 aromatic rings. The standard InChI is InChI=1S/C19H18ClFN2O2S/c20-14-7-6-13(17(21)9-14)11-26-12-18(24)22-15-3-1-4-16(10-15)23-8-2-5-19(23)25/h1,3-4,6-7,9-10H,2,5,8,11-12H2,(H,22,24). The van der Waals surface area contributed by atoms with Gasteiger partial charge in [-0.05, 0) is 42.3 Å². The van der Waals surface area contributed by atoms with Crippen molar-refractivity contribution in [2.24, 2.45) is 0 Å². The highest BCUT2D eigenvalue weighted by Gasteiger charge is 2.21. The normalized spacial score (nSPS) is 13.9. The van der Waals surface area contributed by atoms with Crippen LogP contribution in [0.5, 0.6) is 0 Å². The molecule has 2 amide bonds. The SMILES string of the molecule is O=C(CSCc1ccc(Cl)cc1F)Nc1cccc(N2CCCC2=O)c1. The predicted molar refractivity (Wildman–Crippen MR) is 104 cm³/mol. The molecule has 136 valence electrons. The van der Waals surface area contributed by atoms with E-state index in [1.165, 1.54) is 17.8 Å². The molecule has 1 saturated heterocycles. The van der Waals surface area contributed by atoms with Crippen LogP contribution in [0.25, 0.3) is 0 Å². The third-order valence-electron chi connectivity index (χ3n) is 4.02. The molecule has 2 aromatic carbocycles. The maximum Gasteiger partial charge on any atom is 0.234 e. The van der Waals surface area contributed by atoms with Crippen LogP contribution in [-0.2, 0) is 15.3 Å². The van der Waals surface area contributed by atoms with Gasteiger partial charge in [0.1, 0.15) is 5.82 Å². The summed E-state index contributed by atoms with van der Waals surface area (Å²) in [5.74, 6) is 0.157. The molecule has 0 unspecified atom stereocenters. The largest absolute Gasteiger partial charge is 0.325 e. The number of hydrogen-bond acceptors (Lipinski definition) is 3. The van der Waals surface area contributed by atoms with Gasteiger partial charge in [-0.25, -0.2) is 4.39 Å². The van der Waals surface area contributed by atoms with Crippen LogP contribution in [0.4, 0.5) is 15.8 Å². The monoisotopic (exact) mass is 392 g/mol. The number of halogens is 2. The van der Waals surface area contributed by atoms with Crippen LogP contribution in [0.2, 0.25) is 5.02 Å². The van der Waals surface area contributed by atoms with Crippen molar-refractivity contribution in [3.63, 3.8) is 0 Å². The van der Waals surface area contributed by atoms with Crippen molar-refractivity contribution in [2.45, 2.75) is 18.6 Å². The quantitative estimate of drug-likeness (QED) is 0.788. The first-order valence-corrected chi connectivity index (χ1v) is 9.78. The highest BCUT2D eigenvalue weighted by atomic mass is 35.5. The van der Waals surface area contributed by atoms with Gasteiger partial charge < -0.3 is 10.2 Å². The highest BCUT2D eigenvalue weighted by molar-refractivity contribution is 7.99. The second-order valence-electron chi connectivity index (χ2n) is 5.98. The lowest BCUT2D eigenvalue weighted by Gasteiger charge is -2.16. The van der Waals surface area contributed by atoms with Crippen LogP contribution in [0.1, 0.15) is 18.4 Å². The molecular weight excluding hydrogens is 375 g/mol. The fourth-order valence-electron chi connectivity index (χ4n) is 2.76. The van der Waals surface area contributed by atoms with Gasteiger partial charge in [0.15, 0.2) is 0 Å².